The van der Waals surface area contributed by atoms with Crippen molar-refractivity contribution in [1.82, 2.24) is 10.6 Å². The highest BCUT2D eigenvalue weighted by molar-refractivity contribution is 5.84. The van der Waals surface area contributed by atoms with Crippen LogP contribution in [0.4, 0.5) is 0 Å². The fourth-order valence-electron chi connectivity index (χ4n) is 6.28. The minimum atomic E-state index is -0.610. The van der Waals surface area contributed by atoms with Gasteiger partial charge >= 0.3 is 5.97 Å². The number of esters is 1. The number of ether oxygens (including phenoxy) is 1. The van der Waals surface area contributed by atoms with Crippen LogP contribution in [0.3, 0.4) is 0 Å². The number of pyridine rings is 1. The molecule has 2 amide bonds. The molecule has 0 aliphatic carbocycles. The van der Waals surface area contributed by atoms with Crippen molar-refractivity contribution >= 4 is 17.8 Å². The Kier molecular flexibility index (Phi) is 31.0. The molecule has 0 radical (unpaired) electrons. The summed E-state index contributed by atoms with van der Waals surface area (Å²) in [6, 6.07) is 5.61. The maximum absolute atomic E-state index is 13.0. The van der Waals surface area contributed by atoms with Crippen molar-refractivity contribution in [2.24, 2.45) is 0 Å². The predicted octanol–water partition coefficient (Wildman–Crippen LogP) is 10.1. The molecule has 0 saturated carbocycles. The second kappa shape index (κ2) is 34.0. The van der Waals surface area contributed by atoms with E-state index in [9.17, 15) is 14.4 Å². The topological polar surface area (TPSA) is 88.4 Å². The number of hydrogen-bond acceptors (Lipinski definition) is 4. The summed E-state index contributed by atoms with van der Waals surface area (Å²) >= 11 is 0. The number of rotatable bonds is 35. The first-order valence-electron chi connectivity index (χ1n) is 20.7. The number of hydrogen-bond donors (Lipinski definition) is 2. The molecule has 49 heavy (non-hydrogen) atoms. The molecule has 0 aliphatic rings. The third kappa shape index (κ3) is 29.0. The van der Waals surface area contributed by atoms with E-state index in [0.29, 0.717) is 32.4 Å². The number of carbonyl (C=O) groups excluding carboxylic acids is 3. The Balaban J connectivity index is 2.19. The van der Waals surface area contributed by atoms with E-state index >= 15 is 0 Å². The summed E-state index contributed by atoms with van der Waals surface area (Å²) in [7, 11) is 0. The van der Waals surface area contributed by atoms with E-state index in [1.807, 2.05) is 0 Å². The highest BCUT2D eigenvalue weighted by atomic mass is 16.5. The lowest BCUT2D eigenvalue weighted by atomic mass is 10.1. The van der Waals surface area contributed by atoms with Gasteiger partial charge in [-0.3, -0.25) is 9.59 Å². The van der Waals surface area contributed by atoms with Crippen LogP contribution < -0.4 is 15.2 Å². The molecule has 0 aromatic carbocycles. The summed E-state index contributed by atoms with van der Waals surface area (Å²) in [5.74, 6) is -0.262. The molecule has 282 valence electrons. The first kappa shape index (κ1) is 44.6. The van der Waals surface area contributed by atoms with Gasteiger partial charge in [-0.2, -0.15) is 0 Å². The van der Waals surface area contributed by atoms with Gasteiger partial charge < -0.3 is 15.4 Å². The lowest BCUT2D eigenvalue weighted by Gasteiger charge is -2.18. The Morgan fingerprint density at radius 1 is 0.551 bits per heavy atom. The van der Waals surface area contributed by atoms with Crippen LogP contribution in [0.1, 0.15) is 194 Å². The van der Waals surface area contributed by atoms with E-state index in [-0.39, 0.29) is 17.8 Å². The van der Waals surface area contributed by atoms with Gasteiger partial charge in [0.2, 0.25) is 11.8 Å². The molecule has 0 saturated heterocycles. The van der Waals surface area contributed by atoms with Gasteiger partial charge in [-0.05, 0) is 44.9 Å². The zero-order valence-electron chi connectivity index (χ0n) is 32.0. The lowest BCUT2D eigenvalue weighted by Crippen LogP contribution is -2.42. The van der Waals surface area contributed by atoms with Gasteiger partial charge in [-0.15, -0.1) is 0 Å². The van der Waals surface area contributed by atoms with Gasteiger partial charge in [0.05, 0.1) is 6.61 Å². The van der Waals surface area contributed by atoms with Crippen LogP contribution >= 0.6 is 0 Å². The fourth-order valence-corrected chi connectivity index (χ4v) is 6.28. The minimum absolute atomic E-state index is 0.0634. The summed E-state index contributed by atoms with van der Waals surface area (Å²) in [5, 5.41) is 6.00. The standard InChI is InChI=1S/C42H75N3O4/c1-3-5-7-9-10-12-15-19-23-32-40(46)43-34-26-25-31-39(44-41(47)33-24-18-8-6-4-2)42(48)49-38-30-21-17-14-11-13-16-20-27-35-45-36-28-22-29-37-45/h22,28-29,36-37,39H,3-21,23-27,30-35,38H2,1-2H3,(H-,43,44,46,47)/p+1. The molecule has 1 aromatic rings. The van der Waals surface area contributed by atoms with E-state index in [1.54, 1.807) is 0 Å². The molecule has 7 nitrogen and oxygen atoms in total. The van der Waals surface area contributed by atoms with Gasteiger partial charge in [-0.1, -0.05) is 135 Å². The largest absolute Gasteiger partial charge is 0.464 e. The van der Waals surface area contributed by atoms with Crippen LogP contribution in [0, 0.1) is 0 Å². The minimum Gasteiger partial charge on any atom is -0.464 e. The molecule has 0 spiro atoms. The van der Waals surface area contributed by atoms with Crippen LogP contribution in [-0.2, 0) is 25.7 Å². The van der Waals surface area contributed by atoms with Crippen molar-refractivity contribution in [3.63, 3.8) is 0 Å². The smallest absolute Gasteiger partial charge is 0.328 e. The second-order valence-electron chi connectivity index (χ2n) is 14.2. The maximum atomic E-state index is 13.0. The molecule has 2 N–H and O–H groups in total. The average Bonchev–Trinajstić information content (AvgIpc) is 3.11. The molecule has 1 unspecified atom stereocenters. The monoisotopic (exact) mass is 687 g/mol. The number of unbranched alkanes of at least 4 members (excludes halogenated alkanes) is 21. The van der Waals surface area contributed by atoms with Crippen LogP contribution in [-0.4, -0.2) is 37.0 Å². The van der Waals surface area contributed by atoms with E-state index < -0.39 is 6.04 Å². The SMILES string of the molecule is CCCCCCCCCCCC(=O)NCCCCC(NC(=O)CCCCCCC)C(=O)OCCCCCCCCCCC[n+]1ccccc1. The first-order chi connectivity index (χ1) is 24.1. The molecule has 1 heterocycles. The molecule has 0 fully saturated rings. The Morgan fingerprint density at radius 3 is 1.61 bits per heavy atom. The predicted molar refractivity (Wildman–Crippen MR) is 203 cm³/mol. The number of aromatic nitrogens is 1. The Morgan fingerprint density at radius 2 is 1.04 bits per heavy atom. The van der Waals surface area contributed by atoms with Crippen molar-refractivity contribution in [3.05, 3.63) is 30.6 Å². The molecule has 0 aliphatic heterocycles. The Bertz CT molecular complexity index is 910. The molecule has 1 rings (SSSR count). The number of aryl methyl sites for hydroxylation is 1. The van der Waals surface area contributed by atoms with Gasteiger partial charge in [0, 0.05) is 37.9 Å². The molecule has 1 atom stereocenters. The highest BCUT2D eigenvalue weighted by Crippen LogP contribution is 2.12. The molecule has 1 aromatic heterocycles. The fraction of sp³-hybridized carbons (Fsp3) is 0.810. The van der Waals surface area contributed by atoms with Gasteiger partial charge in [-0.25, -0.2) is 9.36 Å². The summed E-state index contributed by atoms with van der Waals surface area (Å²) < 4.78 is 7.89. The van der Waals surface area contributed by atoms with E-state index in [4.69, 9.17) is 4.74 Å². The number of nitrogens with one attached hydrogen (secondary N) is 2. The van der Waals surface area contributed by atoms with Crippen LogP contribution in [0.5, 0.6) is 0 Å². The van der Waals surface area contributed by atoms with Gasteiger partial charge in [0.15, 0.2) is 12.4 Å². The molecular weight excluding hydrogens is 610 g/mol. The van der Waals surface area contributed by atoms with Crippen LogP contribution in [0.25, 0.3) is 0 Å². The zero-order chi connectivity index (χ0) is 35.5. The number of nitrogens with zero attached hydrogens (tertiary/aromatic N) is 1. The van der Waals surface area contributed by atoms with E-state index in [1.165, 1.54) is 103 Å². The Hall–Kier alpha value is -2.44. The molecule has 7 heteroatoms. The normalized spacial score (nSPS) is 11.7. The summed E-state index contributed by atoms with van der Waals surface area (Å²) in [6.07, 6.45) is 34.7. The van der Waals surface area contributed by atoms with Crippen molar-refractivity contribution in [1.29, 1.82) is 0 Å². The van der Waals surface area contributed by atoms with Gasteiger partial charge in [0.1, 0.15) is 12.6 Å². The summed E-state index contributed by atoms with van der Waals surface area (Å²) in [6.45, 7) is 6.54. The van der Waals surface area contributed by atoms with Crippen LogP contribution in [0.15, 0.2) is 30.6 Å². The van der Waals surface area contributed by atoms with Crippen molar-refractivity contribution in [3.8, 4) is 0 Å². The average molecular weight is 687 g/mol. The number of carbonyl (C=O) groups is 3. The first-order valence-corrected chi connectivity index (χ1v) is 20.7. The van der Waals surface area contributed by atoms with Crippen molar-refractivity contribution in [2.75, 3.05) is 13.2 Å². The number of amides is 2. The van der Waals surface area contributed by atoms with Crippen molar-refractivity contribution < 1.29 is 23.7 Å². The maximum Gasteiger partial charge on any atom is 0.328 e. The third-order valence-electron chi connectivity index (χ3n) is 9.46. The van der Waals surface area contributed by atoms with E-state index in [2.05, 4.69) is 59.6 Å². The van der Waals surface area contributed by atoms with Crippen LogP contribution in [0.2, 0.25) is 0 Å². The quantitative estimate of drug-likeness (QED) is 0.0423. The molecular formula is C42H76N3O4+. The summed E-state index contributed by atoms with van der Waals surface area (Å²) in [4.78, 5) is 37.9. The van der Waals surface area contributed by atoms with E-state index in [0.717, 1.165) is 64.3 Å². The summed E-state index contributed by atoms with van der Waals surface area (Å²) in [5.41, 5.74) is 0. The zero-order valence-corrected chi connectivity index (χ0v) is 32.0. The van der Waals surface area contributed by atoms with Crippen molar-refractivity contribution in [2.45, 2.75) is 206 Å². The third-order valence-corrected chi connectivity index (χ3v) is 9.46. The Labute approximate surface area is 301 Å². The second-order valence-corrected chi connectivity index (χ2v) is 14.2. The highest BCUT2D eigenvalue weighted by Gasteiger charge is 2.21. The molecule has 0 bridgehead atoms. The van der Waals surface area contributed by atoms with Gasteiger partial charge in [0.25, 0.3) is 0 Å². The lowest BCUT2D eigenvalue weighted by molar-refractivity contribution is -0.697.